The van der Waals surface area contributed by atoms with Crippen molar-refractivity contribution in [3.8, 4) is 5.69 Å². The van der Waals surface area contributed by atoms with Crippen LogP contribution in [-0.2, 0) is 11.2 Å². The molecule has 0 atom stereocenters. The topological polar surface area (TPSA) is 68.0 Å². The predicted octanol–water partition coefficient (Wildman–Crippen LogP) is 2.70. The molecule has 0 aliphatic rings. The van der Waals surface area contributed by atoms with Gasteiger partial charge in [-0.2, -0.15) is 0 Å². The number of nitrogens with zero attached hydrogens (tertiary/aromatic N) is 3. The summed E-state index contributed by atoms with van der Waals surface area (Å²) < 4.78 is 1.48. The summed E-state index contributed by atoms with van der Waals surface area (Å²) in [6, 6.07) is 13.5. The number of aliphatic carboxylic acids is 1. The maximum atomic E-state index is 10.9. The van der Waals surface area contributed by atoms with E-state index in [-0.39, 0.29) is 11.6 Å². The van der Waals surface area contributed by atoms with E-state index in [4.69, 9.17) is 16.7 Å². The van der Waals surface area contributed by atoms with Gasteiger partial charge in [-0.25, -0.2) is 4.68 Å². The number of carbonyl (C=O) groups is 1. The molecule has 6 heteroatoms. The highest BCUT2D eigenvalue weighted by Gasteiger charge is 2.17. The van der Waals surface area contributed by atoms with Gasteiger partial charge in [0, 0.05) is 5.39 Å². The zero-order valence-electron chi connectivity index (χ0n) is 10.3. The lowest BCUT2D eigenvalue weighted by Gasteiger charge is -2.08. The van der Waals surface area contributed by atoms with Crippen LogP contribution in [0.4, 0.5) is 0 Å². The summed E-state index contributed by atoms with van der Waals surface area (Å²) in [5.74, 6) is -0.976. The van der Waals surface area contributed by atoms with Gasteiger partial charge >= 0.3 is 5.97 Å². The number of fused-ring (bicyclic) bond motifs is 1. The van der Waals surface area contributed by atoms with E-state index in [9.17, 15) is 4.79 Å². The van der Waals surface area contributed by atoms with Crippen LogP contribution in [0.15, 0.2) is 42.5 Å². The Labute approximate surface area is 119 Å². The molecule has 0 fully saturated rings. The number of halogens is 1. The minimum absolute atomic E-state index is 0.111. The van der Waals surface area contributed by atoms with Gasteiger partial charge in [0.15, 0.2) is 5.15 Å². The Morgan fingerprint density at radius 3 is 2.75 bits per heavy atom. The summed E-state index contributed by atoms with van der Waals surface area (Å²) in [5, 5.41) is 18.8. The van der Waals surface area contributed by atoms with E-state index < -0.39 is 5.97 Å². The fourth-order valence-corrected chi connectivity index (χ4v) is 2.34. The normalized spacial score (nSPS) is 10.8. The minimum Gasteiger partial charge on any atom is -0.481 e. The molecule has 20 heavy (non-hydrogen) atoms. The highest BCUT2D eigenvalue weighted by molar-refractivity contribution is 6.30. The minimum atomic E-state index is -0.976. The summed E-state index contributed by atoms with van der Waals surface area (Å²) >= 11 is 5.93. The third-order valence-electron chi connectivity index (χ3n) is 3.03. The Kier molecular flexibility index (Phi) is 3.12. The molecule has 5 nitrogen and oxygen atoms in total. The molecule has 0 saturated heterocycles. The van der Waals surface area contributed by atoms with Gasteiger partial charge in [-0.1, -0.05) is 53.2 Å². The Bertz CT molecular complexity index is 793. The molecule has 3 aromatic rings. The fourth-order valence-electron chi connectivity index (χ4n) is 2.16. The summed E-state index contributed by atoms with van der Waals surface area (Å²) in [6.45, 7) is 0. The zero-order valence-corrected chi connectivity index (χ0v) is 11.1. The van der Waals surface area contributed by atoms with E-state index in [2.05, 4.69) is 10.3 Å². The number of carboxylic acids is 1. The Balaban J connectivity index is 2.24. The molecular formula is C14H10ClN3O2. The van der Waals surface area contributed by atoms with Gasteiger partial charge in [-0.3, -0.25) is 4.79 Å². The number of hydrogen-bond donors (Lipinski definition) is 1. The van der Waals surface area contributed by atoms with Crippen molar-refractivity contribution in [1.82, 2.24) is 15.0 Å². The second kappa shape index (κ2) is 4.94. The molecule has 100 valence electrons. The van der Waals surface area contributed by atoms with E-state index >= 15 is 0 Å². The Morgan fingerprint density at radius 1 is 1.20 bits per heavy atom. The molecule has 1 N–H and O–H groups in total. The van der Waals surface area contributed by atoms with Crippen LogP contribution in [0.5, 0.6) is 0 Å². The Hall–Kier alpha value is -2.40. The van der Waals surface area contributed by atoms with Gasteiger partial charge in [0.25, 0.3) is 0 Å². The monoisotopic (exact) mass is 287 g/mol. The fraction of sp³-hybridized carbons (Fsp3) is 0.0714. The summed E-state index contributed by atoms with van der Waals surface area (Å²) in [6.07, 6.45) is -0.227. The van der Waals surface area contributed by atoms with Gasteiger partial charge in [-0.05, 0) is 11.5 Å². The molecule has 3 rings (SSSR count). The van der Waals surface area contributed by atoms with Gasteiger partial charge in [0.05, 0.1) is 17.8 Å². The number of carboxylic acid groups (broad SMARTS) is 1. The lowest BCUT2D eigenvalue weighted by Crippen LogP contribution is -2.08. The molecule has 2 aromatic carbocycles. The quantitative estimate of drug-likeness (QED) is 0.804. The van der Waals surface area contributed by atoms with Crippen LogP contribution >= 0.6 is 11.6 Å². The number of hydrogen-bond acceptors (Lipinski definition) is 3. The van der Waals surface area contributed by atoms with E-state index in [1.807, 2.05) is 42.5 Å². The molecule has 0 saturated carbocycles. The first-order chi connectivity index (χ1) is 9.66. The largest absolute Gasteiger partial charge is 0.481 e. The lowest BCUT2D eigenvalue weighted by atomic mass is 10.1. The van der Waals surface area contributed by atoms with Crippen molar-refractivity contribution in [3.05, 3.63) is 53.3 Å². The van der Waals surface area contributed by atoms with Gasteiger partial charge < -0.3 is 5.11 Å². The second-order valence-corrected chi connectivity index (χ2v) is 4.67. The summed E-state index contributed by atoms with van der Waals surface area (Å²) in [5.41, 5.74) is 1.13. The zero-order chi connectivity index (χ0) is 14.1. The molecule has 0 aliphatic heterocycles. The molecule has 0 bridgehead atoms. The first kappa shape index (κ1) is 12.6. The SMILES string of the molecule is O=C(O)Cc1c(Cl)nnn1-c1cccc2ccccc12. The van der Waals surface area contributed by atoms with Gasteiger partial charge in [0.2, 0.25) is 0 Å². The average Bonchev–Trinajstić information content (AvgIpc) is 2.79. The number of rotatable bonds is 3. The summed E-state index contributed by atoms with van der Waals surface area (Å²) in [4.78, 5) is 10.9. The molecule has 1 aromatic heterocycles. The molecule has 0 aliphatic carbocycles. The lowest BCUT2D eigenvalue weighted by molar-refractivity contribution is -0.136. The molecule has 0 spiro atoms. The van der Waals surface area contributed by atoms with Gasteiger partial charge in [0.1, 0.15) is 0 Å². The standard InChI is InChI=1S/C14H10ClN3O2/c15-14-12(8-13(19)20)18(17-16-14)11-7-3-5-9-4-1-2-6-10(9)11/h1-7H,8H2,(H,19,20). The highest BCUT2D eigenvalue weighted by Crippen LogP contribution is 2.24. The van der Waals surface area contributed by atoms with E-state index in [1.165, 1.54) is 4.68 Å². The van der Waals surface area contributed by atoms with Crippen molar-refractivity contribution in [3.63, 3.8) is 0 Å². The molecule has 0 unspecified atom stereocenters. The Morgan fingerprint density at radius 2 is 1.95 bits per heavy atom. The second-order valence-electron chi connectivity index (χ2n) is 4.31. The highest BCUT2D eigenvalue weighted by atomic mass is 35.5. The third-order valence-corrected chi connectivity index (χ3v) is 3.32. The van der Waals surface area contributed by atoms with Crippen molar-refractivity contribution < 1.29 is 9.90 Å². The van der Waals surface area contributed by atoms with E-state index in [0.717, 1.165) is 16.5 Å². The van der Waals surface area contributed by atoms with Crippen LogP contribution in [0.3, 0.4) is 0 Å². The number of aromatic nitrogens is 3. The van der Waals surface area contributed by atoms with Crippen molar-refractivity contribution in [2.75, 3.05) is 0 Å². The van der Waals surface area contributed by atoms with Crippen LogP contribution in [0.25, 0.3) is 16.5 Å². The molecule has 0 amide bonds. The smallest absolute Gasteiger partial charge is 0.309 e. The van der Waals surface area contributed by atoms with Crippen LogP contribution < -0.4 is 0 Å². The van der Waals surface area contributed by atoms with Crippen molar-refractivity contribution in [1.29, 1.82) is 0 Å². The van der Waals surface area contributed by atoms with Gasteiger partial charge in [-0.15, -0.1) is 5.10 Å². The third kappa shape index (κ3) is 2.12. The van der Waals surface area contributed by atoms with Crippen molar-refractivity contribution >= 4 is 28.3 Å². The van der Waals surface area contributed by atoms with Crippen LogP contribution in [-0.4, -0.2) is 26.1 Å². The maximum absolute atomic E-state index is 10.9. The molecular weight excluding hydrogens is 278 g/mol. The van der Waals surface area contributed by atoms with E-state index in [1.54, 1.807) is 0 Å². The van der Waals surface area contributed by atoms with Crippen LogP contribution in [0.1, 0.15) is 5.69 Å². The van der Waals surface area contributed by atoms with Crippen molar-refractivity contribution in [2.45, 2.75) is 6.42 Å². The van der Waals surface area contributed by atoms with Crippen LogP contribution in [0.2, 0.25) is 5.15 Å². The summed E-state index contributed by atoms with van der Waals surface area (Å²) in [7, 11) is 0. The molecule has 1 heterocycles. The first-order valence-corrected chi connectivity index (χ1v) is 6.34. The number of benzene rings is 2. The maximum Gasteiger partial charge on any atom is 0.309 e. The predicted molar refractivity (Wildman–Crippen MR) is 75.2 cm³/mol. The van der Waals surface area contributed by atoms with Crippen molar-refractivity contribution in [2.24, 2.45) is 0 Å². The van der Waals surface area contributed by atoms with Crippen LogP contribution in [0, 0.1) is 0 Å². The van der Waals surface area contributed by atoms with E-state index in [0.29, 0.717) is 5.69 Å². The molecule has 0 radical (unpaired) electrons. The first-order valence-electron chi connectivity index (χ1n) is 5.97. The average molecular weight is 288 g/mol.